The van der Waals surface area contributed by atoms with Crippen LogP contribution in [0.5, 0.6) is 5.75 Å². The molecule has 0 bridgehead atoms. The topological polar surface area (TPSA) is 24.5 Å². The van der Waals surface area contributed by atoms with Crippen LogP contribution in [0.15, 0.2) is 24.3 Å². The van der Waals surface area contributed by atoms with Crippen molar-refractivity contribution in [2.24, 2.45) is 0 Å². The molecule has 2 atom stereocenters. The van der Waals surface area contributed by atoms with Gasteiger partial charge in [0.25, 0.3) is 0 Å². The van der Waals surface area contributed by atoms with E-state index in [9.17, 15) is 0 Å². The van der Waals surface area contributed by atoms with Gasteiger partial charge in [-0.3, -0.25) is 4.90 Å². The van der Waals surface area contributed by atoms with Gasteiger partial charge in [0, 0.05) is 25.2 Å². The van der Waals surface area contributed by atoms with Crippen LogP contribution in [0.2, 0.25) is 0 Å². The van der Waals surface area contributed by atoms with E-state index in [4.69, 9.17) is 4.74 Å². The maximum atomic E-state index is 5.93. The highest BCUT2D eigenvalue weighted by molar-refractivity contribution is 5.28. The molecule has 1 saturated heterocycles. The molecule has 0 spiro atoms. The van der Waals surface area contributed by atoms with E-state index in [1.807, 2.05) is 13.1 Å². The lowest BCUT2D eigenvalue weighted by molar-refractivity contribution is 0.159. The van der Waals surface area contributed by atoms with Crippen LogP contribution in [0.3, 0.4) is 0 Å². The molecule has 2 unspecified atom stereocenters. The molecule has 1 N–H and O–H groups in total. The SMILES string of the molecule is CCC1CCC(C)N1CCOc1cccc(CNC)c1. The Balaban J connectivity index is 1.81. The van der Waals surface area contributed by atoms with Crippen molar-refractivity contribution in [3.05, 3.63) is 29.8 Å². The smallest absolute Gasteiger partial charge is 0.119 e. The third-order valence-electron chi connectivity index (χ3n) is 4.32. The van der Waals surface area contributed by atoms with Gasteiger partial charge < -0.3 is 10.1 Å². The van der Waals surface area contributed by atoms with Crippen molar-refractivity contribution < 1.29 is 4.74 Å². The molecule has 0 radical (unpaired) electrons. The maximum absolute atomic E-state index is 5.93. The highest BCUT2D eigenvalue weighted by Gasteiger charge is 2.28. The third kappa shape index (κ3) is 3.97. The second-order valence-electron chi connectivity index (χ2n) is 5.75. The summed E-state index contributed by atoms with van der Waals surface area (Å²) in [6.07, 6.45) is 3.92. The van der Waals surface area contributed by atoms with Gasteiger partial charge in [-0.1, -0.05) is 19.1 Å². The fourth-order valence-electron chi connectivity index (χ4n) is 3.18. The van der Waals surface area contributed by atoms with E-state index in [0.29, 0.717) is 6.04 Å². The number of hydrogen-bond acceptors (Lipinski definition) is 3. The summed E-state index contributed by atoms with van der Waals surface area (Å²) in [6, 6.07) is 9.82. The van der Waals surface area contributed by atoms with Gasteiger partial charge in [-0.15, -0.1) is 0 Å². The summed E-state index contributed by atoms with van der Waals surface area (Å²) < 4.78 is 5.93. The minimum atomic E-state index is 0.708. The Labute approximate surface area is 123 Å². The number of nitrogens with one attached hydrogen (secondary N) is 1. The zero-order chi connectivity index (χ0) is 14.4. The molecule has 3 heteroatoms. The van der Waals surface area contributed by atoms with Gasteiger partial charge in [0.1, 0.15) is 12.4 Å². The third-order valence-corrected chi connectivity index (χ3v) is 4.32. The predicted octanol–water partition coefficient (Wildman–Crippen LogP) is 3.05. The molecule has 112 valence electrons. The zero-order valence-electron chi connectivity index (χ0n) is 13.1. The molecule has 1 aromatic rings. The molecule has 1 aliphatic rings. The molecule has 0 amide bonds. The summed E-state index contributed by atoms with van der Waals surface area (Å²) in [6.45, 7) is 7.33. The summed E-state index contributed by atoms with van der Waals surface area (Å²) in [5.74, 6) is 0.984. The summed E-state index contributed by atoms with van der Waals surface area (Å²) >= 11 is 0. The quantitative estimate of drug-likeness (QED) is 0.828. The molecular formula is C17H28N2O. The van der Waals surface area contributed by atoms with E-state index < -0.39 is 0 Å². The van der Waals surface area contributed by atoms with E-state index in [-0.39, 0.29) is 0 Å². The summed E-state index contributed by atoms with van der Waals surface area (Å²) in [4.78, 5) is 2.61. The standard InChI is InChI=1S/C17H28N2O/c1-4-16-9-8-14(2)19(16)10-11-20-17-7-5-6-15(12-17)13-18-3/h5-7,12,14,16,18H,4,8-11,13H2,1-3H3. The number of benzene rings is 1. The highest BCUT2D eigenvalue weighted by Crippen LogP contribution is 2.25. The highest BCUT2D eigenvalue weighted by atomic mass is 16.5. The van der Waals surface area contributed by atoms with Crippen molar-refractivity contribution in [3.8, 4) is 5.75 Å². The number of ether oxygens (including phenoxy) is 1. The summed E-state index contributed by atoms with van der Waals surface area (Å²) in [5, 5.41) is 3.17. The van der Waals surface area contributed by atoms with Crippen LogP contribution in [0, 0.1) is 0 Å². The van der Waals surface area contributed by atoms with Crippen molar-refractivity contribution in [2.75, 3.05) is 20.2 Å². The normalized spacial score (nSPS) is 23.1. The molecule has 0 aliphatic carbocycles. The van der Waals surface area contributed by atoms with Gasteiger partial charge in [0.15, 0.2) is 0 Å². The molecule has 0 saturated carbocycles. The second kappa shape index (κ2) is 7.65. The Bertz CT molecular complexity index is 408. The van der Waals surface area contributed by atoms with Crippen molar-refractivity contribution in [3.63, 3.8) is 0 Å². The second-order valence-corrected chi connectivity index (χ2v) is 5.75. The first-order valence-corrected chi connectivity index (χ1v) is 7.86. The minimum absolute atomic E-state index is 0.708. The molecule has 1 aliphatic heterocycles. The first-order chi connectivity index (χ1) is 9.74. The van der Waals surface area contributed by atoms with Gasteiger partial charge in [-0.25, -0.2) is 0 Å². The van der Waals surface area contributed by atoms with Crippen LogP contribution in [-0.4, -0.2) is 37.2 Å². The molecule has 20 heavy (non-hydrogen) atoms. The molecular weight excluding hydrogens is 248 g/mol. The van der Waals surface area contributed by atoms with E-state index in [2.05, 4.69) is 42.3 Å². The molecule has 1 heterocycles. The molecule has 3 nitrogen and oxygen atoms in total. The average Bonchev–Trinajstić information content (AvgIpc) is 2.81. The van der Waals surface area contributed by atoms with E-state index in [1.54, 1.807) is 0 Å². The molecule has 2 rings (SSSR count). The van der Waals surface area contributed by atoms with E-state index in [0.717, 1.165) is 31.5 Å². The first kappa shape index (κ1) is 15.3. The van der Waals surface area contributed by atoms with Gasteiger partial charge in [-0.2, -0.15) is 0 Å². The lowest BCUT2D eigenvalue weighted by Crippen LogP contribution is -2.37. The number of likely N-dealkylation sites (tertiary alicyclic amines) is 1. The predicted molar refractivity (Wildman–Crippen MR) is 84.2 cm³/mol. The zero-order valence-corrected chi connectivity index (χ0v) is 13.1. The summed E-state index contributed by atoms with van der Waals surface area (Å²) in [7, 11) is 1.97. The van der Waals surface area contributed by atoms with Crippen LogP contribution in [-0.2, 0) is 6.54 Å². The number of hydrogen-bond donors (Lipinski definition) is 1. The molecule has 0 aromatic heterocycles. The van der Waals surface area contributed by atoms with Crippen LogP contribution in [0.4, 0.5) is 0 Å². The maximum Gasteiger partial charge on any atom is 0.119 e. The Morgan fingerprint density at radius 1 is 1.35 bits per heavy atom. The van der Waals surface area contributed by atoms with Crippen LogP contribution in [0.25, 0.3) is 0 Å². The van der Waals surface area contributed by atoms with Crippen molar-refractivity contribution in [1.29, 1.82) is 0 Å². The minimum Gasteiger partial charge on any atom is -0.492 e. The Morgan fingerprint density at radius 3 is 2.95 bits per heavy atom. The van der Waals surface area contributed by atoms with Gasteiger partial charge in [0.05, 0.1) is 0 Å². The van der Waals surface area contributed by atoms with Gasteiger partial charge in [-0.05, 0) is 50.9 Å². The lowest BCUT2D eigenvalue weighted by atomic mass is 10.1. The monoisotopic (exact) mass is 276 g/mol. The lowest BCUT2D eigenvalue weighted by Gasteiger charge is -2.27. The van der Waals surface area contributed by atoms with Gasteiger partial charge >= 0.3 is 0 Å². The molecule has 1 fully saturated rings. The van der Waals surface area contributed by atoms with E-state index >= 15 is 0 Å². The Kier molecular flexibility index (Phi) is 5.86. The fourth-order valence-corrected chi connectivity index (χ4v) is 3.18. The van der Waals surface area contributed by atoms with Crippen LogP contribution in [0.1, 0.15) is 38.7 Å². The number of rotatable bonds is 7. The molecule has 1 aromatic carbocycles. The Morgan fingerprint density at radius 2 is 2.20 bits per heavy atom. The average molecular weight is 276 g/mol. The first-order valence-electron chi connectivity index (χ1n) is 7.86. The van der Waals surface area contributed by atoms with Crippen molar-refractivity contribution in [2.45, 2.75) is 51.7 Å². The van der Waals surface area contributed by atoms with Crippen LogP contribution < -0.4 is 10.1 Å². The number of nitrogens with zero attached hydrogens (tertiary/aromatic N) is 1. The van der Waals surface area contributed by atoms with Gasteiger partial charge in [0.2, 0.25) is 0 Å². The summed E-state index contributed by atoms with van der Waals surface area (Å²) in [5.41, 5.74) is 1.27. The van der Waals surface area contributed by atoms with Crippen molar-refractivity contribution >= 4 is 0 Å². The fraction of sp³-hybridized carbons (Fsp3) is 0.647. The largest absolute Gasteiger partial charge is 0.492 e. The Hall–Kier alpha value is -1.06. The van der Waals surface area contributed by atoms with E-state index in [1.165, 1.54) is 24.8 Å². The van der Waals surface area contributed by atoms with Crippen LogP contribution >= 0.6 is 0 Å². The van der Waals surface area contributed by atoms with Crippen molar-refractivity contribution in [1.82, 2.24) is 10.2 Å².